The Bertz CT molecular complexity index is 651. The van der Waals surface area contributed by atoms with Gasteiger partial charge in [0.05, 0.1) is 11.6 Å². The summed E-state index contributed by atoms with van der Waals surface area (Å²) in [5, 5.41) is 7.31. The van der Waals surface area contributed by atoms with Gasteiger partial charge in [0.25, 0.3) is 0 Å². The summed E-state index contributed by atoms with van der Waals surface area (Å²) in [5.41, 5.74) is 0.946. The van der Waals surface area contributed by atoms with Gasteiger partial charge < -0.3 is 5.32 Å². The molecule has 2 heterocycles. The van der Waals surface area contributed by atoms with E-state index in [4.69, 9.17) is 0 Å². The molecule has 1 unspecified atom stereocenters. The average Bonchev–Trinajstić information content (AvgIpc) is 2.92. The SMILES string of the molecule is CC(Nc1ncc2ccccc2n1)c1nccs1. The Hall–Kier alpha value is -2.01. The number of anilines is 1. The fraction of sp³-hybridized carbons (Fsp3) is 0.154. The minimum Gasteiger partial charge on any atom is -0.345 e. The molecule has 0 amide bonds. The van der Waals surface area contributed by atoms with E-state index in [1.54, 1.807) is 17.5 Å². The van der Waals surface area contributed by atoms with E-state index >= 15 is 0 Å². The number of rotatable bonds is 3. The molecule has 4 nitrogen and oxygen atoms in total. The molecule has 0 saturated heterocycles. The van der Waals surface area contributed by atoms with Crippen LogP contribution >= 0.6 is 11.3 Å². The third-order valence-electron chi connectivity index (χ3n) is 2.66. The van der Waals surface area contributed by atoms with E-state index in [1.165, 1.54) is 0 Å². The molecular weight excluding hydrogens is 244 g/mol. The second-order valence-electron chi connectivity index (χ2n) is 3.99. The minimum atomic E-state index is 0.117. The van der Waals surface area contributed by atoms with Crippen molar-refractivity contribution >= 4 is 28.2 Å². The van der Waals surface area contributed by atoms with Gasteiger partial charge in [-0.2, -0.15) is 0 Å². The molecule has 0 aliphatic heterocycles. The highest BCUT2D eigenvalue weighted by Crippen LogP contribution is 2.19. The molecule has 2 aromatic heterocycles. The molecule has 1 atom stereocenters. The maximum absolute atomic E-state index is 4.48. The Kier molecular flexibility index (Phi) is 2.90. The van der Waals surface area contributed by atoms with Crippen molar-refractivity contribution < 1.29 is 0 Å². The molecule has 0 spiro atoms. The van der Waals surface area contributed by atoms with Crippen LogP contribution < -0.4 is 5.32 Å². The van der Waals surface area contributed by atoms with E-state index in [1.807, 2.05) is 35.8 Å². The van der Waals surface area contributed by atoms with Crippen molar-refractivity contribution in [1.29, 1.82) is 0 Å². The van der Waals surface area contributed by atoms with E-state index in [0.717, 1.165) is 15.9 Å². The van der Waals surface area contributed by atoms with Crippen LogP contribution in [0.2, 0.25) is 0 Å². The molecule has 0 radical (unpaired) electrons. The van der Waals surface area contributed by atoms with Crippen LogP contribution in [0.25, 0.3) is 10.9 Å². The van der Waals surface area contributed by atoms with Crippen LogP contribution in [0.5, 0.6) is 0 Å². The van der Waals surface area contributed by atoms with Gasteiger partial charge in [0.2, 0.25) is 5.95 Å². The highest BCUT2D eigenvalue weighted by atomic mass is 32.1. The quantitative estimate of drug-likeness (QED) is 0.781. The zero-order chi connectivity index (χ0) is 12.4. The van der Waals surface area contributed by atoms with Gasteiger partial charge in [-0.1, -0.05) is 18.2 Å². The molecule has 3 aromatic rings. The second kappa shape index (κ2) is 4.70. The molecule has 90 valence electrons. The topological polar surface area (TPSA) is 50.7 Å². The number of fused-ring (bicyclic) bond motifs is 1. The highest BCUT2D eigenvalue weighted by Gasteiger charge is 2.09. The van der Waals surface area contributed by atoms with Crippen LogP contribution in [-0.4, -0.2) is 15.0 Å². The van der Waals surface area contributed by atoms with Gasteiger partial charge in [-0.05, 0) is 13.0 Å². The first kappa shape index (κ1) is 11.1. The summed E-state index contributed by atoms with van der Waals surface area (Å²) in [4.78, 5) is 13.1. The zero-order valence-electron chi connectivity index (χ0n) is 9.87. The van der Waals surface area contributed by atoms with Crippen molar-refractivity contribution in [2.45, 2.75) is 13.0 Å². The molecule has 0 saturated carbocycles. The molecular formula is C13H12N4S. The Balaban J connectivity index is 1.86. The maximum atomic E-state index is 4.48. The summed E-state index contributed by atoms with van der Waals surface area (Å²) >= 11 is 1.62. The van der Waals surface area contributed by atoms with Crippen molar-refractivity contribution in [2.24, 2.45) is 0 Å². The largest absolute Gasteiger partial charge is 0.345 e. The lowest BCUT2D eigenvalue weighted by atomic mass is 10.2. The number of benzene rings is 1. The first-order chi connectivity index (χ1) is 8.83. The van der Waals surface area contributed by atoms with Gasteiger partial charge in [-0.3, -0.25) is 0 Å². The number of hydrogen-bond donors (Lipinski definition) is 1. The summed E-state index contributed by atoms with van der Waals surface area (Å²) < 4.78 is 0. The van der Waals surface area contributed by atoms with Gasteiger partial charge in [-0.15, -0.1) is 11.3 Å². The summed E-state index contributed by atoms with van der Waals surface area (Å²) in [6, 6.07) is 8.06. The molecule has 3 rings (SSSR count). The predicted octanol–water partition coefficient (Wildman–Crippen LogP) is 3.26. The monoisotopic (exact) mass is 256 g/mol. The molecule has 0 aliphatic rings. The Labute approximate surface area is 109 Å². The third-order valence-corrected chi connectivity index (χ3v) is 3.61. The number of nitrogens with one attached hydrogen (secondary N) is 1. The number of aromatic nitrogens is 3. The fourth-order valence-corrected chi connectivity index (χ4v) is 2.39. The van der Waals surface area contributed by atoms with E-state index in [-0.39, 0.29) is 6.04 Å². The molecule has 1 N–H and O–H groups in total. The van der Waals surface area contributed by atoms with Crippen LogP contribution in [-0.2, 0) is 0 Å². The van der Waals surface area contributed by atoms with Gasteiger partial charge >= 0.3 is 0 Å². The smallest absolute Gasteiger partial charge is 0.223 e. The van der Waals surface area contributed by atoms with E-state index in [9.17, 15) is 0 Å². The lowest BCUT2D eigenvalue weighted by Crippen LogP contribution is -2.08. The molecule has 0 aliphatic carbocycles. The minimum absolute atomic E-state index is 0.117. The van der Waals surface area contributed by atoms with Crippen molar-refractivity contribution in [1.82, 2.24) is 15.0 Å². The third kappa shape index (κ3) is 2.17. The van der Waals surface area contributed by atoms with Gasteiger partial charge in [0, 0.05) is 23.2 Å². The Morgan fingerprint density at radius 2 is 2.11 bits per heavy atom. The number of thiazole rings is 1. The number of hydrogen-bond acceptors (Lipinski definition) is 5. The standard InChI is InChI=1S/C13H12N4S/c1-9(12-14-6-7-18-12)16-13-15-8-10-4-2-3-5-11(10)17-13/h2-9H,1H3,(H,15,16,17). The second-order valence-corrected chi connectivity index (χ2v) is 4.91. The van der Waals surface area contributed by atoms with Crippen LogP contribution in [0, 0.1) is 0 Å². The van der Waals surface area contributed by atoms with Crippen molar-refractivity contribution in [2.75, 3.05) is 5.32 Å². The van der Waals surface area contributed by atoms with Crippen LogP contribution in [0.4, 0.5) is 5.95 Å². The maximum Gasteiger partial charge on any atom is 0.223 e. The van der Waals surface area contributed by atoms with Gasteiger partial charge in [0.1, 0.15) is 5.01 Å². The predicted molar refractivity (Wildman–Crippen MR) is 73.7 cm³/mol. The van der Waals surface area contributed by atoms with E-state index in [2.05, 4.69) is 27.2 Å². The van der Waals surface area contributed by atoms with Gasteiger partial charge in [0.15, 0.2) is 0 Å². The summed E-state index contributed by atoms with van der Waals surface area (Å²) in [6.07, 6.45) is 3.64. The Morgan fingerprint density at radius 1 is 1.22 bits per heavy atom. The number of para-hydroxylation sites is 1. The highest BCUT2D eigenvalue weighted by molar-refractivity contribution is 7.09. The fourth-order valence-electron chi connectivity index (χ4n) is 1.75. The molecule has 0 fully saturated rings. The lowest BCUT2D eigenvalue weighted by molar-refractivity contribution is 0.851. The number of nitrogens with zero attached hydrogens (tertiary/aromatic N) is 3. The molecule has 1 aromatic carbocycles. The van der Waals surface area contributed by atoms with Crippen molar-refractivity contribution in [3.05, 3.63) is 47.0 Å². The average molecular weight is 256 g/mol. The van der Waals surface area contributed by atoms with E-state index in [0.29, 0.717) is 5.95 Å². The molecule has 0 bridgehead atoms. The molecule has 5 heteroatoms. The normalized spacial score (nSPS) is 12.5. The van der Waals surface area contributed by atoms with Crippen molar-refractivity contribution in [3.63, 3.8) is 0 Å². The first-order valence-electron chi connectivity index (χ1n) is 5.70. The summed E-state index contributed by atoms with van der Waals surface area (Å²) in [5.74, 6) is 0.636. The molecule has 18 heavy (non-hydrogen) atoms. The van der Waals surface area contributed by atoms with Crippen LogP contribution in [0.1, 0.15) is 18.0 Å². The van der Waals surface area contributed by atoms with Gasteiger partial charge in [-0.25, -0.2) is 15.0 Å². The Morgan fingerprint density at radius 3 is 2.94 bits per heavy atom. The summed E-state index contributed by atoms with van der Waals surface area (Å²) in [6.45, 7) is 2.05. The summed E-state index contributed by atoms with van der Waals surface area (Å²) in [7, 11) is 0. The van der Waals surface area contributed by atoms with Crippen LogP contribution in [0.3, 0.4) is 0 Å². The van der Waals surface area contributed by atoms with E-state index < -0.39 is 0 Å². The van der Waals surface area contributed by atoms with Crippen molar-refractivity contribution in [3.8, 4) is 0 Å². The first-order valence-corrected chi connectivity index (χ1v) is 6.58. The zero-order valence-corrected chi connectivity index (χ0v) is 10.7. The van der Waals surface area contributed by atoms with Crippen LogP contribution in [0.15, 0.2) is 42.0 Å². The lowest BCUT2D eigenvalue weighted by Gasteiger charge is -2.11.